The van der Waals surface area contributed by atoms with E-state index in [9.17, 15) is 13.9 Å². The molecule has 0 aliphatic carbocycles. The summed E-state index contributed by atoms with van der Waals surface area (Å²) in [6.07, 6.45) is 3.55. The Morgan fingerprint density at radius 1 is 1.29 bits per heavy atom. The van der Waals surface area contributed by atoms with E-state index < -0.39 is 18.8 Å². The summed E-state index contributed by atoms with van der Waals surface area (Å²) in [5.74, 6) is 0.634. The molecule has 1 aliphatic rings. The van der Waals surface area contributed by atoms with E-state index >= 15 is 0 Å². The first-order chi connectivity index (χ1) is 13.6. The fourth-order valence-electron chi connectivity index (χ4n) is 3.78. The highest BCUT2D eigenvalue weighted by Crippen LogP contribution is 2.40. The Bertz CT molecular complexity index is 1090. The molecule has 0 radical (unpaired) electrons. The lowest BCUT2D eigenvalue weighted by Gasteiger charge is -2.36. The highest BCUT2D eigenvalue weighted by Gasteiger charge is 2.37. The number of para-hydroxylation sites is 1. The number of fused-ring (bicyclic) bond motifs is 2. The van der Waals surface area contributed by atoms with Gasteiger partial charge >= 0.3 is 6.55 Å². The van der Waals surface area contributed by atoms with Crippen LogP contribution < -0.4 is 0 Å². The van der Waals surface area contributed by atoms with Crippen LogP contribution in [0.3, 0.4) is 0 Å². The summed E-state index contributed by atoms with van der Waals surface area (Å²) in [5, 5.41) is 15.5. The number of alkyl halides is 2. The van der Waals surface area contributed by atoms with Gasteiger partial charge in [-0.1, -0.05) is 18.2 Å². The lowest BCUT2D eigenvalue weighted by Crippen LogP contribution is -2.38. The first-order valence-corrected chi connectivity index (χ1v) is 8.88. The molecule has 4 heterocycles. The Morgan fingerprint density at radius 3 is 2.93 bits per heavy atom. The van der Waals surface area contributed by atoms with Crippen molar-refractivity contribution >= 4 is 11.0 Å². The second-order valence-corrected chi connectivity index (χ2v) is 6.75. The second kappa shape index (κ2) is 6.54. The lowest BCUT2D eigenvalue weighted by molar-refractivity contribution is -0.0287. The summed E-state index contributed by atoms with van der Waals surface area (Å²) >= 11 is 0. The van der Waals surface area contributed by atoms with Gasteiger partial charge in [-0.15, -0.1) is 0 Å². The van der Waals surface area contributed by atoms with Gasteiger partial charge in [-0.05, 0) is 12.1 Å². The third-order valence-electron chi connectivity index (χ3n) is 5.11. The average Bonchev–Trinajstić information content (AvgIpc) is 3.44. The molecule has 0 amide bonds. The molecule has 0 saturated carbocycles. The zero-order valence-electron chi connectivity index (χ0n) is 14.7. The molecule has 0 spiro atoms. The molecular weight excluding hydrogens is 368 g/mol. The van der Waals surface area contributed by atoms with Crippen LogP contribution in [-0.2, 0) is 6.42 Å². The van der Waals surface area contributed by atoms with Gasteiger partial charge < -0.3 is 14.5 Å². The van der Waals surface area contributed by atoms with Crippen molar-refractivity contribution in [3.8, 4) is 0 Å². The van der Waals surface area contributed by atoms with Gasteiger partial charge in [0.15, 0.2) is 0 Å². The summed E-state index contributed by atoms with van der Waals surface area (Å²) in [5.41, 5.74) is 2.75. The maximum atomic E-state index is 12.9. The summed E-state index contributed by atoms with van der Waals surface area (Å²) in [6, 6.07) is 9.11. The van der Waals surface area contributed by atoms with Gasteiger partial charge in [-0.25, -0.2) is 9.67 Å². The fourth-order valence-corrected chi connectivity index (χ4v) is 3.78. The standard InChI is InChI=1S/C19H17F2N5O2/c20-19(21)26-9-12(8-24-26)18(27)25-6-5-13-16(23-10-22-13)17(25)15-7-11-3-1-2-4-14(11)28-15/h1-4,7-10,17-19,27H,5-6H2,(H,22,23)/t17-,18?/m1/s1. The van der Waals surface area contributed by atoms with Crippen LogP contribution >= 0.6 is 0 Å². The van der Waals surface area contributed by atoms with E-state index in [2.05, 4.69) is 15.1 Å². The van der Waals surface area contributed by atoms with E-state index in [4.69, 9.17) is 4.42 Å². The zero-order chi connectivity index (χ0) is 19.3. The van der Waals surface area contributed by atoms with Crippen molar-refractivity contribution in [3.63, 3.8) is 0 Å². The average molecular weight is 385 g/mol. The van der Waals surface area contributed by atoms with Crippen LogP contribution in [0.5, 0.6) is 0 Å². The zero-order valence-corrected chi connectivity index (χ0v) is 14.7. The van der Waals surface area contributed by atoms with Crippen LogP contribution in [0, 0.1) is 0 Å². The van der Waals surface area contributed by atoms with Gasteiger partial charge in [0.2, 0.25) is 0 Å². The van der Waals surface area contributed by atoms with Crippen molar-refractivity contribution in [2.75, 3.05) is 6.54 Å². The molecule has 4 aromatic rings. The van der Waals surface area contributed by atoms with Gasteiger partial charge in [0.25, 0.3) is 0 Å². The third-order valence-corrected chi connectivity index (χ3v) is 5.11. The molecule has 1 aliphatic heterocycles. The Labute approximate surface area is 158 Å². The number of aliphatic hydroxyl groups excluding tert-OH is 1. The van der Waals surface area contributed by atoms with Gasteiger partial charge in [0.1, 0.15) is 23.6 Å². The highest BCUT2D eigenvalue weighted by molar-refractivity contribution is 5.78. The molecule has 0 bridgehead atoms. The summed E-state index contributed by atoms with van der Waals surface area (Å²) in [7, 11) is 0. The first kappa shape index (κ1) is 17.1. The number of furan rings is 1. The van der Waals surface area contributed by atoms with Crippen LogP contribution in [0.4, 0.5) is 8.78 Å². The SMILES string of the molecule is OC(c1cnn(C(F)F)c1)N1CCc2[nH]cnc2[C@H]1c1cc2ccccc2o1. The van der Waals surface area contributed by atoms with Crippen LogP contribution in [0.2, 0.25) is 0 Å². The number of benzene rings is 1. The maximum Gasteiger partial charge on any atom is 0.333 e. The van der Waals surface area contributed by atoms with Crippen LogP contribution in [-0.4, -0.2) is 36.3 Å². The van der Waals surface area contributed by atoms with Crippen LogP contribution in [0.15, 0.2) is 53.5 Å². The minimum atomic E-state index is -2.76. The van der Waals surface area contributed by atoms with Crippen molar-refractivity contribution < 1.29 is 18.3 Å². The van der Waals surface area contributed by atoms with E-state index in [1.54, 1.807) is 11.2 Å². The number of nitrogens with zero attached hydrogens (tertiary/aromatic N) is 4. The van der Waals surface area contributed by atoms with Crippen LogP contribution in [0.1, 0.15) is 41.5 Å². The van der Waals surface area contributed by atoms with Crippen molar-refractivity contribution in [2.24, 2.45) is 0 Å². The van der Waals surface area contributed by atoms with Gasteiger partial charge in [0, 0.05) is 35.8 Å². The number of H-pyrrole nitrogens is 1. The quantitative estimate of drug-likeness (QED) is 0.563. The van der Waals surface area contributed by atoms with Crippen molar-refractivity contribution in [2.45, 2.75) is 25.2 Å². The number of aromatic amines is 1. The van der Waals surface area contributed by atoms with Gasteiger partial charge in [-0.2, -0.15) is 13.9 Å². The lowest BCUT2D eigenvalue weighted by atomic mass is 9.99. The monoisotopic (exact) mass is 385 g/mol. The molecule has 144 valence electrons. The summed E-state index contributed by atoms with van der Waals surface area (Å²) in [4.78, 5) is 9.35. The molecule has 1 unspecified atom stereocenters. The largest absolute Gasteiger partial charge is 0.459 e. The predicted octanol–water partition coefficient (Wildman–Crippen LogP) is 3.39. The number of halogens is 2. The molecule has 0 fully saturated rings. The van der Waals surface area contributed by atoms with E-state index in [1.807, 2.05) is 30.3 Å². The fraction of sp³-hybridized carbons (Fsp3) is 0.263. The Kier molecular flexibility index (Phi) is 3.99. The van der Waals surface area contributed by atoms with E-state index in [0.29, 0.717) is 29.0 Å². The van der Waals surface area contributed by atoms with Gasteiger partial charge in [0.05, 0.1) is 18.2 Å². The number of aliphatic hydroxyl groups is 1. The van der Waals surface area contributed by atoms with E-state index in [1.165, 1.54) is 6.20 Å². The minimum absolute atomic E-state index is 0.292. The first-order valence-electron chi connectivity index (χ1n) is 8.88. The number of hydrogen-bond donors (Lipinski definition) is 2. The normalized spacial score (nSPS) is 18.6. The predicted molar refractivity (Wildman–Crippen MR) is 95.5 cm³/mol. The smallest absolute Gasteiger partial charge is 0.333 e. The maximum absolute atomic E-state index is 12.9. The number of imidazole rings is 1. The molecule has 9 heteroatoms. The Morgan fingerprint density at radius 2 is 2.14 bits per heavy atom. The molecule has 5 rings (SSSR count). The van der Waals surface area contributed by atoms with Crippen LogP contribution in [0.25, 0.3) is 11.0 Å². The topological polar surface area (TPSA) is 83.1 Å². The van der Waals surface area contributed by atoms with E-state index in [-0.39, 0.29) is 0 Å². The molecule has 2 N–H and O–H groups in total. The Balaban J connectivity index is 1.57. The van der Waals surface area contributed by atoms with E-state index in [0.717, 1.165) is 28.6 Å². The number of rotatable bonds is 4. The summed E-state index contributed by atoms with van der Waals surface area (Å²) < 4.78 is 32.3. The minimum Gasteiger partial charge on any atom is -0.459 e. The van der Waals surface area contributed by atoms with Crippen molar-refractivity contribution in [1.82, 2.24) is 24.6 Å². The molecule has 2 atom stereocenters. The summed E-state index contributed by atoms with van der Waals surface area (Å²) in [6.45, 7) is -2.26. The van der Waals surface area contributed by atoms with Gasteiger partial charge in [-0.3, -0.25) is 4.90 Å². The molecule has 7 nitrogen and oxygen atoms in total. The van der Waals surface area contributed by atoms with Crippen molar-refractivity contribution in [1.29, 1.82) is 0 Å². The van der Waals surface area contributed by atoms with Crippen molar-refractivity contribution in [3.05, 3.63) is 71.8 Å². The number of hydrogen-bond acceptors (Lipinski definition) is 5. The number of nitrogens with one attached hydrogen (secondary N) is 1. The molecule has 1 aromatic carbocycles. The second-order valence-electron chi connectivity index (χ2n) is 6.75. The third kappa shape index (κ3) is 2.71. The molecule has 28 heavy (non-hydrogen) atoms. The number of aromatic nitrogens is 4. The molecule has 3 aromatic heterocycles. The Hall–Kier alpha value is -3.04. The molecule has 0 saturated heterocycles. The molecular formula is C19H17F2N5O2. The highest BCUT2D eigenvalue weighted by atomic mass is 19.3.